The Morgan fingerprint density at radius 3 is 2.43 bits per heavy atom. The van der Waals surface area contributed by atoms with Crippen molar-refractivity contribution in [3.63, 3.8) is 0 Å². The molecule has 21 heavy (non-hydrogen) atoms. The van der Waals surface area contributed by atoms with Gasteiger partial charge in [-0.3, -0.25) is 9.69 Å². The van der Waals surface area contributed by atoms with Gasteiger partial charge in [-0.15, -0.1) is 24.8 Å². The zero-order valence-corrected chi connectivity index (χ0v) is 14.4. The summed E-state index contributed by atoms with van der Waals surface area (Å²) in [4.78, 5) is 14.5. The number of hydrogen-bond acceptors (Lipinski definition) is 4. The van der Waals surface area contributed by atoms with E-state index in [4.69, 9.17) is 10.5 Å². The Hall–Kier alpha value is -0.0700. The number of morpholine rings is 1. The summed E-state index contributed by atoms with van der Waals surface area (Å²) >= 11 is 0. The lowest BCUT2D eigenvalue weighted by Gasteiger charge is -2.30. The van der Waals surface area contributed by atoms with E-state index in [9.17, 15) is 4.79 Å². The van der Waals surface area contributed by atoms with E-state index < -0.39 is 5.54 Å². The molecule has 0 bridgehead atoms. The normalized spacial score (nSPS) is 22.8. The summed E-state index contributed by atoms with van der Waals surface area (Å²) in [6.45, 7) is 7.55. The molecule has 3 N–H and O–H groups in total. The van der Waals surface area contributed by atoms with Crippen molar-refractivity contribution in [1.29, 1.82) is 0 Å². The van der Waals surface area contributed by atoms with Gasteiger partial charge in [-0.05, 0) is 18.8 Å². The molecule has 1 aliphatic heterocycles. The molecule has 0 aromatic heterocycles. The minimum absolute atomic E-state index is 0. The minimum atomic E-state index is -0.599. The van der Waals surface area contributed by atoms with Crippen molar-refractivity contribution in [1.82, 2.24) is 10.2 Å². The van der Waals surface area contributed by atoms with E-state index in [1.165, 1.54) is 0 Å². The molecule has 7 heteroatoms. The van der Waals surface area contributed by atoms with E-state index in [-0.39, 0.29) is 30.7 Å². The lowest BCUT2D eigenvalue weighted by molar-refractivity contribution is -0.126. The lowest BCUT2D eigenvalue weighted by atomic mass is 9.98. The van der Waals surface area contributed by atoms with Gasteiger partial charge in [0, 0.05) is 26.2 Å². The Kier molecular flexibility index (Phi) is 9.81. The highest BCUT2D eigenvalue weighted by Gasteiger charge is 2.36. The van der Waals surface area contributed by atoms with Crippen LogP contribution in [0.25, 0.3) is 0 Å². The first-order valence-electron chi connectivity index (χ1n) is 7.47. The molecule has 1 heterocycles. The van der Waals surface area contributed by atoms with Crippen molar-refractivity contribution in [3.05, 3.63) is 0 Å². The number of halogens is 2. The van der Waals surface area contributed by atoms with Crippen LogP contribution in [0.3, 0.4) is 0 Å². The summed E-state index contributed by atoms with van der Waals surface area (Å²) in [5.41, 5.74) is 5.54. The van der Waals surface area contributed by atoms with Crippen molar-refractivity contribution in [2.24, 2.45) is 11.7 Å². The highest BCUT2D eigenvalue weighted by atomic mass is 35.5. The molecule has 1 saturated carbocycles. The molecule has 1 unspecified atom stereocenters. The predicted molar refractivity (Wildman–Crippen MR) is 89.3 cm³/mol. The molecule has 0 radical (unpaired) electrons. The van der Waals surface area contributed by atoms with Gasteiger partial charge >= 0.3 is 0 Å². The van der Waals surface area contributed by atoms with Crippen molar-refractivity contribution in [3.8, 4) is 0 Å². The Labute approximate surface area is 140 Å². The molecule has 2 aliphatic rings. The molecule has 5 nitrogen and oxygen atoms in total. The maximum atomic E-state index is 12.1. The zero-order chi connectivity index (χ0) is 13.7. The Bertz CT molecular complexity index is 307. The lowest BCUT2D eigenvalue weighted by Crippen LogP contribution is -2.53. The Balaban J connectivity index is 0.00000200. The molecule has 1 saturated heterocycles. The third-order valence-electron chi connectivity index (χ3n) is 4.23. The second kappa shape index (κ2) is 9.85. The van der Waals surface area contributed by atoms with Gasteiger partial charge in [0.25, 0.3) is 0 Å². The monoisotopic (exact) mass is 341 g/mol. The summed E-state index contributed by atoms with van der Waals surface area (Å²) in [6, 6.07) is 0. The zero-order valence-electron chi connectivity index (χ0n) is 12.8. The van der Waals surface area contributed by atoms with Crippen LogP contribution in [0.15, 0.2) is 0 Å². The Morgan fingerprint density at radius 2 is 1.86 bits per heavy atom. The predicted octanol–water partition coefficient (Wildman–Crippen LogP) is 1.19. The fraction of sp³-hybridized carbons (Fsp3) is 0.929. The molecule has 1 atom stereocenters. The van der Waals surface area contributed by atoms with Crippen LogP contribution in [-0.4, -0.2) is 55.7 Å². The van der Waals surface area contributed by atoms with Crippen molar-refractivity contribution in [2.45, 2.75) is 38.1 Å². The van der Waals surface area contributed by atoms with Gasteiger partial charge in [0.1, 0.15) is 0 Å². The molecule has 0 aromatic carbocycles. The molecule has 0 spiro atoms. The van der Waals surface area contributed by atoms with Crippen LogP contribution in [-0.2, 0) is 9.53 Å². The van der Waals surface area contributed by atoms with Crippen LogP contribution in [0, 0.1) is 5.92 Å². The number of nitrogens with zero attached hydrogens (tertiary/aromatic N) is 1. The fourth-order valence-corrected chi connectivity index (χ4v) is 2.96. The minimum Gasteiger partial charge on any atom is -0.379 e. The van der Waals surface area contributed by atoms with Crippen molar-refractivity contribution < 1.29 is 9.53 Å². The van der Waals surface area contributed by atoms with Crippen LogP contribution in [0.1, 0.15) is 32.6 Å². The third kappa shape index (κ3) is 6.28. The van der Waals surface area contributed by atoms with Crippen molar-refractivity contribution in [2.75, 3.05) is 39.4 Å². The molecule has 0 aromatic rings. The van der Waals surface area contributed by atoms with Crippen LogP contribution in [0.5, 0.6) is 0 Å². The first-order chi connectivity index (χ1) is 9.10. The van der Waals surface area contributed by atoms with Gasteiger partial charge in [-0.25, -0.2) is 0 Å². The number of rotatable bonds is 5. The average Bonchev–Trinajstić information content (AvgIpc) is 2.85. The Morgan fingerprint density at radius 1 is 1.29 bits per heavy atom. The van der Waals surface area contributed by atoms with Gasteiger partial charge < -0.3 is 15.8 Å². The molecular weight excluding hydrogens is 313 g/mol. The first kappa shape index (κ1) is 20.9. The van der Waals surface area contributed by atoms with E-state index in [0.717, 1.165) is 65.1 Å². The standard InChI is InChI=1S/C14H27N3O2.2ClH/c1-12(11-17-6-8-19-9-7-17)10-16-13(18)14(15)4-2-3-5-14;;/h12H,2-11,15H2,1H3,(H,16,18);2*1H. The molecule has 126 valence electrons. The van der Waals surface area contributed by atoms with E-state index in [1.807, 2.05) is 0 Å². The van der Waals surface area contributed by atoms with Gasteiger partial charge in [-0.2, -0.15) is 0 Å². The summed E-state index contributed by atoms with van der Waals surface area (Å²) in [5.74, 6) is 0.492. The average molecular weight is 342 g/mol. The smallest absolute Gasteiger partial charge is 0.240 e. The maximum Gasteiger partial charge on any atom is 0.240 e. The van der Waals surface area contributed by atoms with Crippen molar-refractivity contribution >= 4 is 30.7 Å². The number of nitrogens with one attached hydrogen (secondary N) is 1. The van der Waals surface area contributed by atoms with E-state index in [0.29, 0.717) is 5.92 Å². The number of amides is 1. The summed E-state index contributed by atoms with van der Waals surface area (Å²) in [6.07, 6.45) is 3.81. The SMILES string of the molecule is CC(CNC(=O)C1(N)CCCC1)CN1CCOCC1.Cl.Cl. The fourth-order valence-electron chi connectivity index (χ4n) is 2.96. The quantitative estimate of drug-likeness (QED) is 0.788. The summed E-state index contributed by atoms with van der Waals surface area (Å²) < 4.78 is 5.33. The summed E-state index contributed by atoms with van der Waals surface area (Å²) in [7, 11) is 0. The molecular formula is C14H29Cl2N3O2. The largest absolute Gasteiger partial charge is 0.379 e. The second-order valence-corrected chi connectivity index (χ2v) is 6.09. The first-order valence-corrected chi connectivity index (χ1v) is 7.47. The van der Waals surface area contributed by atoms with E-state index >= 15 is 0 Å². The van der Waals surface area contributed by atoms with Gasteiger partial charge in [0.05, 0.1) is 18.8 Å². The van der Waals surface area contributed by atoms with Crippen LogP contribution < -0.4 is 11.1 Å². The van der Waals surface area contributed by atoms with E-state index in [2.05, 4.69) is 17.1 Å². The molecule has 1 amide bonds. The topological polar surface area (TPSA) is 67.6 Å². The van der Waals surface area contributed by atoms with Crippen LogP contribution in [0.4, 0.5) is 0 Å². The molecule has 2 fully saturated rings. The number of nitrogens with two attached hydrogens (primary N) is 1. The van der Waals surface area contributed by atoms with E-state index in [1.54, 1.807) is 0 Å². The number of ether oxygens (including phenoxy) is 1. The number of carbonyl (C=O) groups is 1. The highest BCUT2D eigenvalue weighted by molar-refractivity contribution is 5.86. The third-order valence-corrected chi connectivity index (χ3v) is 4.23. The van der Waals surface area contributed by atoms with Crippen LogP contribution in [0.2, 0.25) is 0 Å². The van der Waals surface area contributed by atoms with Gasteiger partial charge in [-0.1, -0.05) is 19.8 Å². The van der Waals surface area contributed by atoms with Gasteiger partial charge in [0.2, 0.25) is 5.91 Å². The number of hydrogen-bond donors (Lipinski definition) is 2. The number of carbonyl (C=O) groups excluding carboxylic acids is 1. The van der Waals surface area contributed by atoms with Gasteiger partial charge in [0.15, 0.2) is 0 Å². The molecule has 2 rings (SSSR count). The van der Waals surface area contributed by atoms with Crippen LogP contribution >= 0.6 is 24.8 Å². The summed E-state index contributed by atoms with van der Waals surface area (Å²) in [5, 5.41) is 3.03. The second-order valence-electron chi connectivity index (χ2n) is 6.09. The molecule has 1 aliphatic carbocycles. The maximum absolute atomic E-state index is 12.1. The highest BCUT2D eigenvalue weighted by Crippen LogP contribution is 2.27.